The predicted molar refractivity (Wildman–Crippen MR) is 234 cm³/mol. The van der Waals surface area contributed by atoms with E-state index >= 15 is 0 Å². The minimum atomic E-state index is -0.439. The van der Waals surface area contributed by atoms with Crippen LogP contribution < -0.4 is 11.1 Å². The molecule has 9 aromatic rings. The van der Waals surface area contributed by atoms with Crippen LogP contribution >= 0.6 is 0 Å². The fourth-order valence-electron chi connectivity index (χ4n) is 8.83. The third-order valence-electron chi connectivity index (χ3n) is 11.7. The van der Waals surface area contributed by atoms with Crippen molar-refractivity contribution in [1.29, 1.82) is 0 Å². The van der Waals surface area contributed by atoms with E-state index in [1.807, 2.05) is 18.2 Å². The molecule has 56 heavy (non-hydrogen) atoms. The number of nitrogens with two attached hydrogens (primary N) is 1. The summed E-state index contributed by atoms with van der Waals surface area (Å²) in [5, 5.41) is 8.47. The van der Waals surface area contributed by atoms with Gasteiger partial charge < -0.3 is 15.5 Å². The number of hydrogen-bond acceptors (Lipinski definition) is 3. The number of hydrogen-bond donors (Lipinski definition) is 2. The lowest BCUT2D eigenvalue weighted by atomic mass is 9.81. The van der Waals surface area contributed by atoms with Crippen LogP contribution in [0.3, 0.4) is 0 Å². The molecule has 0 amide bonds. The first kappa shape index (κ1) is 33.9. The first-order valence-electron chi connectivity index (χ1n) is 19.5. The minimum absolute atomic E-state index is 0.117. The van der Waals surface area contributed by atoms with Crippen molar-refractivity contribution in [3.05, 3.63) is 210 Å². The molecule has 1 unspecified atom stereocenters. The summed E-state index contributed by atoms with van der Waals surface area (Å²) in [4.78, 5) is 0. The zero-order valence-electron chi connectivity index (χ0n) is 31.6. The lowest BCUT2D eigenvalue weighted by Gasteiger charge is -2.22. The Morgan fingerprint density at radius 1 is 0.607 bits per heavy atom. The van der Waals surface area contributed by atoms with E-state index in [0.717, 1.165) is 49.9 Å². The summed E-state index contributed by atoms with van der Waals surface area (Å²) in [5.41, 5.74) is 23.2. The Bertz CT molecular complexity index is 2950. The number of para-hydroxylation sites is 1. The van der Waals surface area contributed by atoms with Gasteiger partial charge in [0.2, 0.25) is 0 Å². The lowest BCUT2D eigenvalue weighted by molar-refractivity contribution is 0.661. The topological polar surface area (TPSA) is 51.2 Å². The largest absolute Gasteiger partial charge is 0.456 e. The smallest absolute Gasteiger partial charge is 0.136 e. The highest BCUT2D eigenvalue weighted by Crippen LogP contribution is 2.53. The average Bonchev–Trinajstić information content (AvgIpc) is 3.73. The Morgan fingerprint density at radius 3 is 2.12 bits per heavy atom. The van der Waals surface area contributed by atoms with Crippen LogP contribution in [-0.4, -0.2) is 0 Å². The maximum Gasteiger partial charge on any atom is 0.136 e. The van der Waals surface area contributed by atoms with Crippen molar-refractivity contribution in [3.8, 4) is 33.4 Å². The molecule has 3 nitrogen and oxygen atoms in total. The van der Waals surface area contributed by atoms with Gasteiger partial charge in [-0.2, -0.15) is 0 Å². The van der Waals surface area contributed by atoms with E-state index in [2.05, 4.69) is 183 Å². The zero-order chi connectivity index (χ0) is 37.8. The molecule has 1 aliphatic carbocycles. The fourth-order valence-corrected chi connectivity index (χ4v) is 8.83. The van der Waals surface area contributed by atoms with E-state index in [4.69, 9.17) is 10.2 Å². The average molecular weight is 723 g/mol. The number of furan rings is 1. The monoisotopic (exact) mass is 722 g/mol. The van der Waals surface area contributed by atoms with Gasteiger partial charge in [0, 0.05) is 28.4 Å². The zero-order valence-corrected chi connectivity index (χ0v) is 31.6. The molecular formula is C53H42N2O. The van der Waals surface area contributed by atoms with Crippen molar-refractivity contribution in [3.63, 3.8) is 0 Å². The van der Waals surface area contributed by atoms with Crippen molar-refractivity contribution >= 4 is 38.4 Å². The molecule has 0 spiro atoms. The summed E-state index contributed by atoms with van der Waals surface area (Å²) >= 11 is 0. The van der Waals surface area contributed by atoms with Crippen LogP contribution in [-0.2, 0) is 12.0 Å². The first-order chi connectivity index (χ1) is 27.4. The summed E-state index contributed by atoms with van der Waals surface area (Å²) in [6, 6.07) is 62.4. The van der Waals surface area contributed by atoms with Crippen molar-refractivity contribution in [2.45, 2.75) is 31.8 Å². The van der Waals surface area contributed by atoms with Crippen LogP contribution in [0.5, 0.6) is 0 Å². The van der Waals surface area contributed by atoms with Gasteiger partial charge in [0.25, 0.3) is 0 Å². The van der Waals surface area contributed by atoms with E-state index in [1.54, 1.807) is 0 Å². The maximum absolute atomic E-state index is 7.36. The highest BCUT2D eigenvalue weighted by molar-refractivity contribution is 6.08. The Labute approximate surface area is 327 Å². The molecule has 1 aliphatic rings. The van der Waals surface area contributed by atoms with Crippen molar-refractivity contribution in [1.82, 2.24) is 5.32 Å². The summed E-state index contributed by atoms with van der Waals surface area (Å²) in [6.07, 6.45) is 2.19. The lowest BCUT2D eigenvalue weighted by Crippen LogP contribution is -2.16. The summed E-state index contributed by atoms with van der Waals surface area (Å²) in [7, 11) is 0. The third kappa shape index (κ3) is 5.80. The van der Waals surface area contributed by atoms with Crippen LogP contribution in [0.15, 0.2) is 186 Å². The highest BCUT2D eigenvalue weighted by atomic mass is 16.3. The van der Waals surface area contributed by atoms with Crippen LogP contribution in [0, 0.1) is 0 Å². The van der Waals surface area contributed by atoms with Gasteiger partial charge in [-0.25, -0.2) is 0 Å². The molecule has 8 aromatic carbocycles. The molecule has 1 atom stereocenters. The quantitative estimate of drug-likeness (QED) is 0.164. The molecule has 0 radical (unpaired) electrons. The molecule has 0 aliphatic heterocycles. The Kier molecular flexibility index (Phi) is 8.20. The van der Waals surface area contributed by atoms with Gasteiger partial charge in [0.15, 0.2) is 0 Å². The first-order valence-corrected chi connectivity index (χ1v) is 19.5. The second kappa shape index (κ2) is 13.6. The van der Waals surface area contributed by atoms with Gasteiger partial charge in [0.1, 0.15) is 11.2 Å². The second-order valence-corrected chi connectivity index (χ2v) is 15.5. The van der Waals surface area contributed by atoms with E-state index in [9.17, 15) is 0 Å². The Morgan fingerprint density at radius 2 is 1.30 bits per heavy atom. The van der Waals surface area contributed by atoms with E-state index in [0.29, 0.717) is 6.54 Å². The Hall–Kier alpha value is -6.68. The predicted octanol–water partition coefficient (Wildman–Crippen LogP) is 13.2. The minimum Gasteiger partial charge on any atom is -0.456 e. The van der Waals surface area contributed by atoms with Gasteiger partial charge in [-0.3, -0.25) is 0 Å². The van der Waals surface area contributed by atoms with Gasteiger partial charge in [-0.15, -0.1) is 0 Å². The van der Waals surface area contributed by atoms with Gasteiger partial charge in [-0.05, 0) is 114 Å². The molecule has 3 N–H and O–H groups in total. The van der Waals surface area contributed by atoms with Gasteiger partial charge >= 0.3 is 0 Å². The molecular weight excluding hydrogens is 681 g/mol. The normalized spacial score (nSPS) is 13.9. The van der Waals surface area contributed by atoms with E-state index in [1.165, 1.54) is 49.7 Å². The molecule has 1 aromatic heterocycles. The summed E-state index contributed by atoms with van der Waals surface area (Å²) < 4.78 is 6.47. The SMILES string of the molecule is CC1(C)c2cc3ccccc3cc2-c2c(-c3cccc(/C(=C/C(N)c4cc(-c5ccccc5)cc5oc6ccccc6c45)NCc4ccccc4)c3)cccc21. The molecule has 0 fully saturated rings. The van der Waals surface area contributed by atoms with Crippen molar-refractivity contribution in [2.75, 3.05) is 0 Å². The number of nitrogens with one attached hydrogen (secondary N) is 1. The van der Waals surface area contributed by atoms with Crippen LogP contribution in [0.2, 0.25) is 0 Å². The molecule has 3 heteroatoms. The van der Waals surface area contributed by atoms with Crippen LogP contribution in [0.25, 0.3) is 71.8 Å². The molecule has 0 saturated heterocycles. The number of benzene rings is 8. The molecule has 270 valence electrons. The van der Waals surface area contributed by atoms with Crippen molar-refractivity contribution in [2.24, 2.45) is 5.73 Å². The van der Waals surface area contributed by atoms with Crippen LogP contribution in [0.1, 0.15) is 47.7 Å². The van der Waals surface area contributed by atoms with Gasteiger partial charge in [-0.1, -0.05) is 153 Å². The highest BCUT2D eigenvalue weighted by Gasteiger charge is 2.37. The third-order valence-corrected chi connectivity index (χ3v) is 11.7. The maximum atomic E-state index is 7.36. The second-order valence-electron chi connectivity index (χ2n) is 15.5. The summed E-state index contributed by atoms with van der Waals surface area (Å²) in [5.74, 6) is 0. The van der Waals surface area contributed by atoms with E-state index in [-0.39, 0.29) is 5.41 Å². The van der Waals surface area contributed by atoms with E-state index < -0.39 is 6.04 Å². The van der Waals surface area contributed by atoms with Crippen LogP contribution in [0.4, 0.5) is 0 Å². The molecule has 0 bridgehead atoms. The number of rotatable bonds is 8. The molecule has 10 rings (SSSR count). The standard InChI is InChI=1S/C53H42N2O/c1-53(2)45-25-14-24-41(51(45)43-28-36-19-9-10-20-37(36)30-46(43)53)38-21-13-22-39(27-38)48(55-33-34-15-5-3-6-16-34)32-47(54)44-29-40(35-17-7-4-8-18-35)31-50-52(44)42-23-11-12-26-49(42)56-50/h3-32,47,55H,33,54H2,1-2H3/b48-32-. The van der Waals surface area contributed by atoms with Gasteiger partial charge in [0.05, 0.1) is 6.04 Å². The molecule has 0 saturated carbocycles. The Balaban J connectivity index is 1.12. The summed E-state index contributed by atoms with van der Waals surface area (Å²) in [6.45, 7) is 5.37. The number of fused-ring (bicyclic) bond motifs is 7. The fraction of sp³-hybridized carbons (Fsp3) is 0.0943. The molecule has 1 heterocycles. The van der Waals surface area contributed by atoms with Crippen molar-refractivity contribution < 1.29 is 4.42 Å².